The fraction of sp³-hybridized carbons (Fsp3) is 0.533. The molecular formula is C15H18ClFO2. The third-order valence-corrected chi connectivity index (χ3v) is 5.02. The van der Waals surface area contributed by atoms with E-state index in [1.807, 2.05) is 0 Å². The smallest absolute Gasteiger partial charge is 0.314 e. The van der Waals surface area contributed by atoms with Crippen LogP contribution in [0, 0.1) is 11.2 Å². The molecule has 19 heavy (non-hydrogen) atoms. The summed E-state index contributed by atoms with van der Waals surface area (Å²) in [5.74, 6) is -1.54. The van der Waals surface area contributed by atoms with Gasteiger partial charge in [-0.3, -0.25) is 4.79 Å². The SMILES string of the molecule is CCC1(CC)CC(C(=O)O)(c2cccc(Cl)c2F)C1. The number of aliphatic carboxylic acids is 1. The van der Waals surface area contributed by atoms with Crippen molar-refractivity contribution in [2.24, 2.45) is 5.41 Å². The lowest BCUT2D eigenvalue weighted by Crippen LogP contribution is -2.54. The molecule has 0 heterocycles. The van der Waals surface area contributed by atoms with Crippen LogP contribution in [0.25, 0.3) is 0 Å². The normalized spacial score (nSPS) is 19.8. The quantitative estimate of drug-likeness (QED) is 0.890. The Balaban J connectivity index is 2.45. The summed E-state index contributed by atoms with van der Waals surface area (Å²) in [7, 11) is 0. The van der Waals surface area contributed by atoms with Gasteiger partial charge in [0.15, 0.2) is 0 Å². The molecule has 1 fully saturated rings. The molecule has 0 spiro atoms. The molecule has 1 aliphatic rings. The van der Waals surface area contributed by atoms with E-state index in [0.717, 1.165) is 12.8 Å². The molecule has 0 unspecified atom stereocenters. The van der Waals surface area contributed by atoms with E-state index in [-0.39, 0.29) is 16.0 Å². The summed E-state index contributed by atoms with van der Waals surface area (Å²) in [4.78, 5) is 11.7. The van der Waals surface area contributed by atoms with Crippen molar-refractivity contribution in [3.8, 4) is 0 Å². The maximum atomic E-state index is 14.1. The van der Waals surface area contributed by atoms with Gasteiger partial charge in [-0.05, 0) is 24.3 Å². The Morgan fingerprint density at radius 3 is 2.42 bits per heavy atom. The van der Waals surface area contributed by atoms with Gasteiger partial charge < -0.3 is 5.11 Å². The zero-order valence-corrected chi connectivity index (χ0v) is 11.9. The van der Waals surface area contributed by atoms with Crippen molar-refractivity contribution in [2.75, 3.05) is 0 Å². The molecule has 0 radical (unpaired) electrons. The monoisotopic (exact) mass is 284 g/mol. The highest BCUT2D eigenvalue weighted by Gasteiger charge is 2.59. The van der Waals surface area contributed by atoms with E-state index in [9.17, 15) is 14.3 Å². The second-order valence-corrected chi connectivity index (χ2v) is 5.96. The Bertz CT molecular complexity index is 501. The fourth-order valence-electron chi connectivity index (χ4n) is 3.31. The van der Waals surface area contributed by atoms with E-state index >= 15 is 0 Å². The van der Waals surface area contributed by atoms with Gasteiger partial charge in [0.1, 0.15) is 5.82 Å². The average Bonchev–Trinajstić information content (AvgIpc) is 2.34. The zero-order chi connectivity index (χ0) is 14.3. The summed E-state index contributed by atoms with van der Waals surface area (Å²) in [5, 5.41) is 9.56. The molecule has 0 saturated heterocycles. The minimum atomic E-state index is -1.11. The number of hydrogen-bond acceptors (Lipinski definition) is 1. The van der Waals surface area contributed by atoms with E-state index in [0.29, 0.717) is 12.8 Å². The minimum Gasteiger partial charge on any atom is -0.481 e. The molecule has 1 saturated carbocycles. The van der Waals surface area contributed by atoms with Gasteiger partial charge >= 0.3 is 5.97 Å². The summed E-state index contributed by atoms with van der Waals surface area (Å²) < 4.78 is 14.1. The maximum absolute atomic E-state index is 14.1. The lowest BCUT2D eigenvalue weighted by molar-refractivity contribution is -0.155. The predicted molar refractivity (Wildman–Crippen MR) is 73.0 cm³/mol. The third kappa shape index (κ3) is 2.04. The van der Waals surface area contributed by atoms with Crippen LogP contribution >= 0.6 is 11.6 Å². The van der Waals surface area contributed by atoms with Crippen LogP contribution in [0.1, 0.15) is 45.1 Å². The van der Waals surface area contributed by atoms with Gasteiger partial charge in [-0.1, -0.05) is 50.4 Å². The van der Waals surface area contributed by atoms with Crippen LogP contribution in [0.2, 0.25) is 5.02 Å². The molecular weight excluding hydrogens is 267 g/mol. The highest BCUT2D eigenvalue weighted by atomic mass is 35.5. The first-order valence-electron chi connectivity index (χ1n) is 6.59. The van der Waals surface area contributed by atoms with Gasteiger partial charge in [0.2, 0.25) is 0 Å². The fourth-order valence-corrected chi connectivity index (χ4v) is 3.48. The molecule has 4 heteroatoms. The van der Waals surface area contributed by atoms with Gasteiger partial charge in [0.25, 0.3) is 0 Å². The van der Waals surface area contributed by atoms with Gasteiger partial charge in [-0.25, -0.2) is 4.39 Å². The number of carbonyl (C=O) groups is 1. The summed E-state index contributed by atoms with van der Waals surface area (Å²) in [6.45, 7) is 4.12. The zero-order valence-electron chi connectivity index (χ0n) is 11.2. The van der Waals surface area contributed by atoms with Crippen LogP contribution in [0.4, 0.5) is 4.39 Å². The van der Waals surface area contributed by atoms with E-state index in [4.69, 9.17) is 11.6 Å². The van der Waals surface area contributed by atoms with Crippen LogP contribution in [0.5, 0.6) is 0 Å². The van der Waals surface area contributed by atoms with Crippen LogP contribution in [0.15, 0.2) is 18.2 Å². The van der Waals surface area contributed by atoms with E-state index in [1.54, 1.807) is 12.1 Å². The Hall–Kier alpha value is -1.09. The Kier molecular flexibility index (Phi) is 3.61. The van der Waals surface area contributed by atoms with Gasteiger partial charge in [0, 0.05) is 5.56 Å². The first-order valence-corrected chi connectivity index (χ1v) is 6.96. The molecule has 2 nitrogen and oxygen atoms in total. The molecule has 0 bridgehead atoms. The highest BCUT2D eigenvalue weighted by molar-refractivity contribution is 6.30. The predicted octanol–water partition coefficient (Wildman–Crippen LogP) is 4.40. The van der Waals surface area contributed by atoms with Gasteiger partial charge in [0.05, 0.1) is 10.4 Å². The van der Waals surface area contributed by atoms with Gasteiger partial charge in [-0.15, -0.1) is 0 Å². The molecule has 0 aliphatic heterocycles. The molecule has 0 aromatic heterocycles. The Morgan fingerprint density at radius 2 is 1.95 bits per heavy atom. The first-order chi connectivity index (χ1) is 8.91. The number of halogens is 2. The molecule has 1 aliphatic carbocycles. The van der Waals surface area contributed by atoms with Crippen LogP contribution in [-0.2, 0) is 10.2 Å². The molecule has 2 rings (SSSR count). The second-order valence-electron chi connectivity index (χ2n) is 5.55. The summed E-state index contributed by atoms with van der Waals surface area (Å²) in [6, 6.07) is 4.61. The Labute approximate surface area is 117 Å². The van der Waals surface area contributed by atoms with Crippen molar-refractivity contribution in [1.29, 1.82) is 0 Å². The summed E-state index contributed by atoms with van der Waals surface area (Å²) >= 11 is 5.78. The van der Waals surface area contributed by atoms with Crippen LogP contribution in [0.3, 0.4) is 0 Å². The Morgan fingerprint density at radius 1 is 1.37 bits per heavy atom. The van der Waals surface area contributed by atoms with Crippen molar-refractivity contribution in [1.82, 2.24) is 0 Å². The van der Waals surface area contributed by atoms with Crippen molar-refractivity contribution in [2.45, 2.75) is 44.9 Å². The summed E-state index contributed by atoms with van der Waals surface area (Å²) in [5.41, 5.74) is -0.862. The highest BCUT2D eigenvalue weighted by Crippen LogP contribution is 2.60. The molecule has 0 amide bonds. The van der Waals surface area contributed by atoms with E-state index in [1.165, 1.54) is 6.07 Å². The van der Waals surface area contributed by atoms with Gasteiger partial charge in [-0.2, -0.15) is 0 Å². The first kappa shape index (κ1) is 14.3. The van der Waals surface area contributed by atoms with E-state index in [2.05, 4.69) is 13.8 Å². The number of carboxylic acid groups (broad SMARTS) is 1. The van der Waals surface area contributed by atoms with Crippen molar-refractivity contribution >= 4 is 17.6 Å². The van der Waals surface area contributed by atoms with Crippen LogP contribution in [-0.4, -0.2) is 11.1 Å². The largest absolute Gasteiger partial charge is 0.481 e. The molecule has 1 N–H and O–H groups in total. The topological polar surface area (TPSA) is 37.3 Å². The molecule has 1 aromatic rings. The third-order valence-electron chi connectivity index (χ3n) is 4.73. The lowest BCUT2D eigenvalue weighted by atomic mass is 9.48. The minimum absolute atomic E-state index is 0.0105. The standard InChI is InChI=1S/C15H18ClFO2/c1-3-14(4-2)8-15(9-14,13(18)19)10-6-5-7-11(16)12(10)17/h5-7H,3-4,8-9H2,1-2H3,(H,18,19). The van der Waals surface area contributed by atoms with E-state index < -0.39 is 17.2 Å². The maximum Gasteiger partial charge on any atom is 0.314 e. The van der Waals surface area contributed by atoms with Crippen LogP contribution < -0.4 is 0 Å². The molecule has 104 valence electrons. The number of carboxylic acids is 1. The van der Waals surface area contributed by atoms with Crippen molar-refractivity contribution in [3.63, 3.8) is 0 Å². The molecule has 1 aromatic carbocycles. The summed E-state index contributed by atoms with van der Waals surface area (Å²) in [6.07, 6.45) is 2.81. The van der Waals surface area contributed by atoms with Crippen molar-refractivity contribution in [3.05, 3.63) is 34.6 Å². The number of benzene rings is 1. The molecule has 0 atom stereocenters. The number of hydrogen-bond donors (Lipinski definition) is 1. The lowest BCUT2D eigenvalue weighted by Gasteiger charge is -2.54. The second kappa shape index (κ2) is 4.78. The van der Waals surface area contributed by atoms with Crippen molar-refractivity contribution < 1.29 is 14.3 Å². The average molecular weight is 285 g/mol. The number of rotatable bonds is 4.